The van der Waals surface area contributed by atoms with E-state index in [0.717, 1.165) is 0 Å². The molecule has 1 saturated heterocycles. The lowest BCUT2D eigenvalue weighted by atomic mass is 9.95. The van der Waals surface area contributed by atoms with Gasteiger partial charge in [0.2, 0.25) is 0 Å². The minimum Gasteiger partial charge on any atom is -0.480 e. The molecule has 1 aliphatic heterocycles. The quantitative estimate of drug-likeness (QED) is 0.820. The first-order valence-corrected chi connectivity index (χ1v) is 5.39. The van der Waals surface area contributed by atoms with Crippen molar-refractivity contribution in [1.82, 2.24) is 4.90 Å². The summed E-state index contributed by atoms with van der Waals surface area (Å²) in [7, 11) is 0. The lowest BCUT2D eigenvalue weighted by molar-refractivity contribution is -0.186. The fraction of sp³-hybridized carbons (Fsp3) is 0.900. The summed E-state index contributed by atoms with van der Waals surface area (Å²) in [6, 6.07) is -0.644. The molecule has 0 aromatic carbocycles. The molecule has 94 valence electrons. The summed E-state index contributed by atoms with van der Waals surface area (Å²) in [4.78, 5) is 12.5. The third-order valence-electron chi connectivity index (χ3n) is 3.10. The number of carboxylic acid groups (broad SMARTS) is 1. The lowest BCUT2D eigenvalue weighted by Gasteiger charge is -2.35. The van der Waals surface area contributed by atoms with Gasteiger partial charge in [0.1, 0.15) is 6.04 Å². The van der Waals surface area contributed by atoms with Gasteiger partial charge in [-0.3, -0.25) is 9.69 Å². The fourth-order valence-corrected chi connectivity index (χ4v) is 2.13. The Morgan fingerprint density at radius 2 is 1.94 bits per heavy atom. The maximum atomic E-state index is 12.4. The van der Waals surface area contributed by atoms with Crippen LogP contribution in [0.2, 0.25) is 0 Å². The average molecular weight is 239 g/mol. The van der Waals surface area contributed by atoms with Gasteiger partial charge < -0.3 is 5.11 Å². The van der Waals surface area contributed by atoms with Crippen LogP contribution < -0.4 is 0 Å². The number of carbonyl (C=O) groups is 1. The van der Waals surface area contributed by atoms with Crippen molar-refractivity contribution in [3.8, 4) is 0 Å². The molecule has 0 radical (unpaired) electrons. The van der Waals surface area contributed by atoms with E-state index in [-0.39, 0.29) is 25.9 Å². The Hall–Kier alpha value is -0.780. The van der Waals surface area contributed by atoms with E-state index >= 15 is 0 Å². The lowest BCUT2D eigenvalue weighted by Crippen LogP contribution is -2.47. The molecule has 0 aromatic rings. The van der Waals surface area contributed by atoms with Gasteiger partial charge in [-0.2, -0.15) is 13.2 Å². The van der Waals surface area contributed by atoms with Crippen molar-refractivity contribution >= 4 is 5.97 Å². The summed E-state index contributed by atoms with van der Waals surface area (Å²) < 4.78 is 37.1. The zero-order valence-corrected chi connectivity index (χ0v) is 9.13. The predicted molar refractivity (Wildman–Crippen MR) is 52.1 cm³/mol. The largest absolute Gasteiger partial charge is 0.480 e. The van der Waals surface area contributed by atoms with E-state index in [2.05, 4.69) is 0 Å². The molecule has 3 nitrogen and oxygen atoms in total. The molecular formula is C10H16F3NO2. The van der Waals surface area contributed by atoms with Crippen LogP contribution >= 0.6 is 0 Å². The van der Waals surface area contributed by atoms with E-state index in [1.165, 1.54) is 0 Å². The number of likely N-dealkylation sites (tertiary alicyclic amines) is 1. The number of aliphatic carboxylic acids is 1. The summed E-state index contributed by atoms with van der Waals surface area (Å²) in [5.74, 6) is -2.22. The Morgan fingerprint density at radius 1 is 1.44 bits per heavy atom. The predicted octanol–water partition coefficient (Wildman–Crippen LogP) is 2.12. The zero-order valence-electron chi connectivity index (χ0n) is 9.13. The molecule has 1 rings (SSSR count). The molecule has 6 heteroatoms. The monoisotopic (exact) mass is 239 g/mol. The number of rotatable bonds is 3. The average Bonchev–Trinajstić information content (AvgIpc) is 2.17. The molecule has 0 aromatic heterocycles. The van der Waals surface area contributed by atoms with E-state index in [9.17, 15) is 18.0 Å². The van der Waals surface area contributed by atoms with Crippen molar-refractivity contribution in [3.63, 3.8) is 0 Å². The van der Waals surface area contributed by atoms with E-state index in [0.29, 0.717) is 6.42 Å². The molecule has 0 amide bonds. The molecule has 1 heterocycles. The first-order chi connectivity index (χ1) is 7.36. The second-order valence-electron chi connectivity index (χ2n) is 4.11. The van der Waals surface area contributed by atoms with E-state index in [1.54, 1.807) is 11.8 Å². The van der Waals surface area contributed by atoms with Gasteiger partial charge in [0.15, 0.2) is 0 Å². The van der Waals surface area contributed by atoms with E-state index in [1.807, 2.05) is 0 Å². The van der Waals surface area contributed by atoms with Crippen LogP contribution in [0.25, 0.3) is 0 Å². The molecule has 1 aliphatic rings. The second kappa shape index (κ2) is 5.03. The zero-order chi connectivity index (χ0) is 12.3. The van der Waals surface area contributed by atoms with Crippen molar-refractivity contribution in [2.75, 3.05) is 13.1 Å². The highest BCUT2D eigenvalue weighted by Crippen LogP contribution is 2.34. The van der Waals surface area contributed by atoms with E-state index in [4.69, 9.17) is 5.11 Å². The summed E-state index contributed by atoms with van der Waals surface area (Å²) in [5.41, 5.74) is 0. The first-order valence-electron chi connectivity index (χ1n) is 5.39. The van der Waals surface area contributed by atoms with Crippen molar-refractivity contribution < 1.29 is 23.1 Å². The van der Waals surface area contributed by atoms with Crippen LogP contribution in [-0.2, 0) is 4.79 Å². The third-order valence-corrected chi connectivity index (χ3v) is 3.10. The standard InChI is InChI=1S/C10H16F3NO2/c1-2-8(9(15)16)14-5-3-7(4-6-14)10(11,12)13/h7-8H,2-6H2,1H3,(H,15,16). The van der Waals surface area contributed by atoms with Gasteiger partial charge in [0, 0.05) is 0 Å². The topological polar surface area (TPSA) is 40.5 Å². The first kappa shape index (κ1) is 13.3. The maximum absolute atomic E-state index is 12.4. The van der Waals surface area contributed by atoms with Crippen LogP contribution in [0.1, 0.15) is 26.2 Å². The molecule has 1 unspecified atom stereocenters. The second-order valence-corrected chi connectivity index (χ2v) is 4.11. The van der Waals surface area contributed by atoms with Gasteiger partial charge in [0.25, 0.3) is 0 Å². The molecule has 1 N–H and O–H groups in total. The van der Waals surface area contributed by atoms with Gasteiger partial charge in [-0.25, -0.2) is 0 Å². The van der Waals surface area contributed by atoms with Crippen molar-refractivity contribution in [1.29, 1.82) is 0 Å². The van der Waals surface area contributed by atoms with Gasteiger partial charge in [-0.15, -0.1) is 0 Å². The van der Waals surface area contributed by atoms with Crippen LogP contribution in [0.4, 0.5) is 13.2 Å². The Kier molecular flexibility index (Phi) is 4.18. The summed E-state index contributed by atoms with van der Waals surface area (Å²) in [6.07, 6.45) is -3.70. The highest BCUT2D eigenvalue weighted by molar-refractivity contribution is 5.73. The molecule has 0 spiro atoms. The summed E-state index contributed by atoms with van der Waals surface area (Å²) in [6.45, 7) is 2.17. The number of hydrogen-bond acceptors (Lipinski definition) is 2. The molecule has 0 bridgehead atoms. The van der Waals surface area contributed by atoms with Crippen molar-refractivity contribution in [2.24, 2.45) is 5.92 Å². The maximum Gasteiger partial charge on any atom is 0.391 e. The highest BCUT2D eigenvalue weighted by atomic mass is 19.4. The number of alkyl halides is 3. The minimum atomic E-state index is -4.14. The van der Waals surface area contributed by atoms with Crippen LogP contribution in [0.3, 0.4) is 0 Å². The molecular weight excluding hydrogens is 223 g/mol. The van der Waals surface area contributed by atoms with Crippen molar-refractivity contribution in [2.45, 2.75) is 38.4 Å². The highest BCUT2D eigenvalue weighted by Gasteiger charge is 2.42. The molecule has 0 aliphatic carbocycles. The Labute approximate surface area is 92.2 Å². The van der Waals surface area contributed by atoms with Gasteiger partial charge in [-0.1, -0.05) is 6.92 Å². The van der Waals surface area contributed by atoms with Gasteiger partial charge in [-0.05, 0) is 32.4 Å². The van der Waals surface area contributed by atoms with Gasteiger partial charge in [0.05, 0.1) is 5.92 Å². The normalized spacial score (nSPS) is 22.0. The smallest absolute Gasteiger partial charge is 0.391 e. The van der Waals surface area contributed by atoms with Crippen LogP contribution in [0.15, 0.2) is 0 Å². The summed E-state index contributed by atoms with van der Waals surface area (Å²) in [5, 5.41) is 8.89. The molecule has 16 heavy (non-hydrogen) atoms. The number of hydrogen-bond donors (Lipinski definition) is 1. The van der Waals surface area contributed by atoms with Gasteiger partial charge >= 0.3 is 12.1 Å². The minimum absolute atomic E-state index is 0.00722. The van der Waals surface area contributed by atoms with E-state index < -0.39 is 24.1 Å². The van der Waals surface area contributed by atoms with Crippen LogP contribution in [0.5, 0.6) is 0 Å². The number of carboxylic acids is 1. The molecule has 1 fully saturated rings. The van der Waals surface area contributed by atoms with Crippen LogP contribution in [-0.4, -0.2) is 41.3 Å². The van der Waals surface area contributed by atoms with Crippen molar-refractivity contribution in [3.05, 3.63) is 0 Å². The number of nitrogens with zero attached hydrogens (tertiary/aromatic N) is 1. The number of halogens is 3. The summed E-state index contributed by atoms with van der Waals surface area (Å²) >= 11 is 0. The Bertz CT molecular complexity index is 247. The third kappa shape index (κ3) is 3.10. The Balaban J connectivity index is 2.51. The SMILES string of the molecule is CCC(C(=O)O)N1CCC(C(F)(F)F)CC1. The molecule has 0 saturated carbocycles. The fourth-order valence-electron chi connectivity index (χ4n) is 2.13. The molecule has 1 atom stereocenters. The Morgan fingerprint density at radius 3 is 2.25 bits per heavy atom. The number of piperidine rings is 1. The van der Waals surface area contributed by atoms with Crippen LogP contribution in [0, 0.1) is 5.92 Å².